The first-order chi connectivity index (χ1) is 8.52. The Labute approximate surface area is 117 Å². The lowest BCUT2D eigenvalue weighted by Crippen LogP contribution is -2.04. The number of aryl methyl sites for hydroxylation is 1. The van der Waals surface area contributed by atoms with Crippen molar-refractivity contribution in [1.29, 1.82) is 0 Å². The summed E-state index contributed by atoms with van der Waals surface area (Å²) in [6.45, 7) is 4.00. The van der Waals surface area contributed by atoms with Crippen molar-refractivity contribution in [2.45, 2.75) is 20.0 Å². The minimum absolute atomic E-state index is 0.482. The zero-order valence-electron chi connectivity index (χ0n) is 10.2. The first-order valence-corrected chi connectivity index (χ1v) is 6.46. The minimum Gasteiger partial charge on any atom is -0.384 e. The molecule has 1 unspecified atom stereocenters. The predicted molar refractivity (Wildman–Crippen MR) is 76.4 cm³/mol. The Bertz CT molecular complexity index is 558. The van der Waals surface area contributed by atoms with Gasteiger partial charge in [-0.1, -0.05) is 47.5 Å². The topological polar surface area (TPSA) is 20.2 Å². The van der Waals surface area contributed by atoms with Crippen LogP contribution >= 0.6 is 23.2 Å². The van der Waals surface area contributed by atoms with Gasteiger partial charge in [-0.05, 0) is 42.7 Å². The van der Waals surface area contributed by atoms with E-state index in [9.17, 15) is 5.11 Å². The Morgan fingerprint density at radius 1 is 0.944 bits per heavy atom. The first kappa shape index (κ1) is 13.4. The molecular weight excluding hydrogens is 267 g/mol. The summed E-state index contributed by atoms with van der Waals surface area (Å²) in [5.41, 5.74) is 3.59. The van der Waals surface area contributed by atoms with Gasteiger partial charge in [-0.15, -0.1) is 0 Å². The molecule has 0 aromatic heterocycles. The molecule has 1 atom stereocenters. The Hall–Kier alpha value is -1.02. The maximum atomic E-state index is 10.5. The van der Waals surface area contributed by atoms with Gasteiger partial charge in [-0.3, -0.25) is 0 Å². The molecule has 18 heavy (non-hydrogen) atoms. The Morgan fingerprint density at radius 3 is 2.11 bits per heavy atom. The van der Waals surface area contributed by atoms with Crippen molar-refractivity contribution in [3.63, 3.8) is 0 Å². The van der Waals surface area contributed by atoms with E-state index in [4.69, 9.17) is 23.2 Å². The third kappa shape index (κ3) is 2.39. The lowest BCUT2D eigenvalue weighted by atomic mass is 9.95. The molecule has 0 spiro atoms. The van der Waals surface area contributed by atoms with Crippen molar-refractivity contribution in [1.82, 2.24) is 0 Å². The second-order valence-electron chi connectivity index (χ2n) is 4.33. The summed E-state index contributed by atoms with van der Waals surface area (Å²) in [5, 5.41) is 11.5. The summed E-state index contributed by atoms with van der Waals surface area (Å²) in [4.78, 5) is 0. The van der Waals surface area contributed by atoms with Crippen LogP contribution in [0, 0.1) is 13.8 Å². The maximum Gasteiger partial charge on any atom is 0.107 e. The summed E-state index contributed by atoms with van der Waals surface area (Å²) < 4.78 is 0. The van der Waals surface area contributed by atoms with E-state index in [2.05, 4.69) is 0 Å². The SMILES string of the molecule is Cc1cccc(C(O)c2c(Cl)cccc2Cl)c1C. The molecule has 1 nitrogen and oxygen atoms in total. The van der Waals surface area contributed by atoms with Crippen LogP contribution in [0.2, 0.25) is 10.0 Å². The summed E-state index contributed by atoms with van der Waals surface area (Å²) in [6.07, 6.45) is -0.800. The molecular formula is C15H14Cl2O. The van der Waals surface area contributed by atoms with Crippen LogP contribution in [-0.2, 0) is 0 Å². The average molecular weight is 281 g/mol. The number of aliphatic hydroxyl groups excluding tert-OH is 1. The van der Waals surface area contributed by atoms with Crippen molar-refractivity contribution in [2.24, 2.45) is 0 Å². The quantitative estimate of drug-likeness (QED) is 0.846. The molecule has 0 aliphatic heterocycles. The Balaban J connectivity index is 2.55. The molecule has 2 aromatic carbocycles. The monoisotopic (exact) mass is 280 g/mol. The van der Waals surface area contributed by atoms with Crippen LogP contribution in [0.5, 0.6) is 0 Å². The second-order valence-corrected chi connectivity index (χ2v) is 5.14. The molecule has 2 rings (SSSR count). The van der Waals surface area contributed by atoms with Gasteiger partial charge in [0.1, 0.15) is 6.10 Å². The van der Waals surface area contributed by atoms with Crippen LogP contribution in [-0.4, -0.2) is 5.11 Å². The lowest BCUT2D eigenvalue weighted by molar-refractivity contribution is 0.219. The Morgan fingerprint density at radius 2 is 1.50 bits per heavy atom. The van der Waals surface area contributed by atoms with Gasteiger partial charge in [0, 0.05) is 15.6 Å². The summed E-state index contributed by atoms with van der Waals surface area (Å²) >= 11 is 12.2. The van der Waals surface area contributed by atoms with Crippen LogP contribution in [0.15, 0.2) is 36.4 Å². The van der Waals surface area contributed by atoms with Crippen molar-refractivity contribution < 1.29 is 5.11 Å². The van der Waals surface area contributed by atoms with E-state index < -0.39 is 6.10 Å². The van der Waals surface area contributed by atoms with Crippen molar-refractivity contribution >= 4 is 23.2 Å². The van der Waals surface area contributed by atoms with Crippen LogP contribution in [0.3, 0.4) is 0 Å². The van der Waals surface area contributed by atoms with Gasteiger partial charge in [0.25, 0.3) is 0 Å². The number of benzene rings is 2. The molecule has 0 aliphatic carbocycles. The zero-order valence-corrected chi connectivity index (χ0v) is 11.8. The van der Waals surface area contributed by atoms with E-state index in [1.165, 1.54) is 0 Å². The molecule has 0 radical (unpaired) electrons. The number of hydrogen-bond acceptors (Lipinski definition) is 1. The largest absolute Gasteiger partial charge is 0.384 e. The van der Waals surface area contributed by atoms with Crippen LogP contribution in [0.4, 0.5) is 0 Å². The molecule has 3 heteroatoms. The highest BCUT2D eigenvalue weighted by molar-refractivity contribution is 6.36. The van der Waals surface area contributed by atoms with E-state index >= 15 is 0 Å². The molecule has 0 fully saturated rings. The molecule has 2 aromatic rings. The third-order valence-corrected chi connectivity index (χ3v) is 3.87. The maximum absolute atomic E-state index is 10.5. The average Bonchev–Trinajstić information content (AvgIpc) is 2.32. The fourth-order valence-corrected chi connectivity index (χ4v) is 2.60. The van der Waals surface area contributed by atoms with Gasteiger partial charge in [-0.2, -0.15) is 0 Å². The molecule has 94 valence electrons. The molecule has 0 saturated heterocycles. The van der Waals surface area contributed by atoms with Gasteiger partial charge in [0.2, 0.25) is 0 Å². The van der Waals surface area contributed by atoms with Gasteiger partial charge in [0.15, 0.2) is 0 Å². The minimum atomic E-state index is -0.800. The number of aliphatic hydroxyl groups is 1. The van der Waals surface area contributed by atoms with Crippen LogP contribution in [0.25, 0.3) is 0 Å². The summed E-state index contributed by atoms with van der Waals surface area (Å²) in [7, 11) is 0. The van der Waals surface area contributed by atoms with E-state index in [1.807, 2.05) is 32.0 Å². The fraction of sp³-hybridized carbons (Fsp3) is 0.200. The van der Waals surface area contributed by atoms with Crippen molar-refractivity contribution in [3.8, 4) is 0 Å². The van der Waals surface area contributed by atoms with Gasteiger partial charge >= 0.3 is 0 Å². The van der Waals surface area contributed by atoms with Crippen LogP contribution < -0.4 is 0 Å². The molecule has 0 heterocycles. The first-order valence-electron chi connectivity index (χ1n) is 5.70. The fourth-order valence-electron chi connectivity index (χ4n) is 2.00. The molecule has 0 aliphatic rings. The van der Waals surface area contributed by atoms with Gasteiger partial charge < -0.3 is 5.11 Å². The van der Waals surface area contributed by atoms with Crippen molar-refractivity contribution in [2.75, 3.05) is 0 Å². The zero-order chi connectivity index (χ0) is 13.3. The molecule has 1 N–H and O–H groups in total. The molecule has 0 bridgehead atoms. The standard InChI is InChI=1S/C15H14Cl2O/c1-9-5-3-6-11(10(9)2)15(18)14-12(16)7-4-8-13(14)17/h3-8,15,18H,1-2H3. The van der Waals surface area contributed by atoms with E-state index in [0.717, 1.165) is 16.7 Å². The Kier molecular flexibility index (Phi) is 3.96. The molecule has 0 amide bonds. The number of halogens is 2. The van der Waals surface area contributed by atoms with E-state index in [-0.39, 0.29) is 0 Å². The highest BCUT2D eigenvalue weighted by Gasteiger charge is 2.19. The number of hydrogen-bond donors (Lipinski definition) is 1. The number of rotatable bonds is 2. The lowest BCUT2D eigenvalue weighted by Gasteiger charge is -2.18. The molecule has 0 saturated carbocycles. The second kappa shape index (κ2) is 5.31. The highest BCUT2D eigenvalue weighted by atomic mass is 35.5. The summed E-state index contributed by atoms with van der Waals surface area (Å²) in [6, 6.07) is 11.1. The van der Waals surface area contributed by atoms with E-state index in [1.54, 1.807) is 18.2 Å². The van der Waals surface area contributed by atoms with Crippen LogP contribution in [0.1, 0.15) is 28.4 Å². The van der Waals surface area contributed by atoms with Crippen molar-refractivity contribution in [3.05, 3.63) is 68.7 Å². The predicted octanol–water partition coefficient (Wildman–Crippen LogP) is 4.69. The highest BCUT2D eigenvalue weighted by Crippen LogP contribution is 2.35. The van der Waals surface area contributed by atoms with E-state index in [0.29, 0.717) is 15.6 Å². The smallest absolute Gasteiger partial charge is 0.107 e. The van der Waals surface area contributed by atoms with Gasteiger partial charge in [0.05, 0.1) is 0 Å². The normalized spacial score (nSPS) is 12.5. The van der Waals surface area contributed by atoms with Gasteiger partial charge in [-0.25, -0.2) is 0 Å². The summed E-state index contributed by atoms with van der Waals surface area (Å²) in [5.74, 6) is 0. The third-order valence-electron chi connectivity index (χ3n) is 3.21.